The zero-order valence-electron chi connectivity index (χ0n) is 18.7. The highest BCUT2D eigenvalue weighted by Crippen LogP contribution is 2.22. The molecule has 166 valence electrons. The third-order valence-electron chi connectivity index (χ3n) is 7.24. The lowest BCUT2D eigenvalue weighted by Gasteiger charge is -2.41. The molecule has 4 rings (SSSR count). The van der Waals surface area contributed by atoms with Crippen LogP contribution < -0.4 is 4.90 Å². The maximum Gasteiger partial charge on any atom is 0.239 e. The van der Waals surface area contributed by atoms with E-state index in [9.17, 15) is 4.79 Å². The molecule has 3 aliphatic rings. The molecule has 2 atom stereocenters. The van der Waals surface area contributed by atoms with E-state index in [2.05, 4.69) is 43.6 Å². The molecule has 1 amide bonds. The van der Waals surface area contributed by atoms with Gasteiger partial charge in [-0.25, -0.2) is 4.98 Å². The number of likely N-dealkylation sites (tertiary alicyclic amines) is 2. The Morgan fingerprint density at radius 2 is 1.77 bits per heavy atom. The fraction of sp³-hybridized carbons (Fsp3) is 0.750. The Morgan fingerprint density at radius 3 is 2.47 bits per heavy atom. The van der Waals surface area contributed by atoms with Gasteiger partial charge in [0.2, 0.25) is 5.91 Å². The Kier molecular flexibility index (Phi) is 7.61. The number of nitrogens with zero attached hydrogens (tertiary/aromatic N) is 5. The average molecular weight is 414 g/mol. The van der Waals surface area contributed by atoms with Crippen LogP contribution in [0.3, 0.4) is 0 Å². The summed E-state index contributed by atoms with van der Waals surface area (Å²) in [5.74, 6) is 2.07. The number of carbonyl (C=O) groups is 1. The number of carbonyl (C=O) groups excluding carboxylic acids is 1. The number of hydrogen-bond donors (Lipinski definition) is 0. The summed E-state index contributed by atoms with van der Waals surface area (Å²) in [7, 11) is 0. The zero-order chi connectivity index (χ0) is 20.8. The van der Waals surface area contributed by atoms with Gasteiger partial charge in [-0.3, -0.25) is 14.6 Å². The van der Waals surface area contributed by atoms with Gasteiger partial charge in [-0.1, -0.05) is 18.9 Å². The molecular formula is C24H39N5O. The van der Waals surface area contributed by atoms with Crippen molar-refractivity contribution in [2.75, 3.05) is 63.8 Å². The molecule has 0 aromatic carbocycles. The van der Waals surface area contributed by atoms with Crippen molar-refractivity contribution in [3.05, 3.63) is 24.4 Å². The maximum absolute atomic E-state index is 13.2. The minimum atomic E-state index is 0.0452. The van der Waals surface area contributed by atoms with Crippen molar-refractivity contribution in [3.63, 3.8) is 0 Å². The summed E-state index contributed by atoms with van der Waals surface area (Å²) in [6.45, 7) is 11.6. The van der Waals surface area contributed by atoms with Crippen molar-refractivity contribution in [2.24, 2.45) is 5.92 Å². The molecule has 3 saturated heterocycles. The fourth-order valence-electron chi connectivity index (χ4n) is 5.38. The number of piperidine rings is 1. The Labute approximate surface area is 182 Å². The molecule has 3 fully saturated rings. The van der Waals surface area contributed by atoms with E-state index in [0.717, 1.165) is 71.1 Å². The van der Waals surface area contributed by atoms with Crippen LogP contribution in [0.15, 0.2) is 24.4 Å². The molecule has 6 heteroatoms. The number of pyridine rings is 1. The van der Waals surface area contributed by atoms with Crippen molar-refractivity contribution in [2.45, 2.75) is 51.5 Å². The molecule has 30 heavy (non-hydrogen) atoms. The number of aromatic nitrogens is 1. The van der Waals surface area contributed by atoms with Crippen molar-refractivity contribution in [1.29, 1.82) is 0 Å². The fourth-order valence-corrected chi connectivity index (χ4v) is 5.38. The Hall–Kier alpha value is -1.66. The molecule has 0 saturated carbocycles. The molecule has 0 radical (unpaired) electrons. The topological polar surface area (TPSA) is 42.9 Å². The van der Waals surface area contributed by atoms with Crippen molar-refractivity contribution in [3.8, 4) is 0 Å². The van der Waals surface area contributed by atoms with Gasteiger partial charge in [0.15, 0.2) is 0 Å². The molecule has 0 spiro atoms. The SMILES string of the molecule is CC(C(=O)N1CCCC(CN2CCN(c3ccccn3)CC2)C1)N1CCCCCC1. The van der Waals surface area contributed by atoms with E-state index >= 15 is 0 Å². The second-order valence-corrected chi connectivity index (χ2v) is 9.39. The molecular weight excluding hydrogens is 374 g/mol. The first-order chi connectivity index (χ1) is 14.7. The van der Waals surface area contributed by atoms with Crippen LogP contribution in [0.1, 0.15) is 45.4 Å². The summed E-state index contributed by atoms with van der Waals surface area (Å²) in [4.78, 5) is 27.3. The summed E-state index contributed by atoms with van der Waals surface area (Å²) in [6, 6.07) is 6.19. The Balaban J connectivity index is 1.24. The van der Waals surface area contributed by atoms with Gasteiger partial charge in [-0.2, -0.15) is 0 Å². The number of hydrogen-bond acceptors (Lipinski definition) is 5. The first-order valence-electron chi connectivity index (χ1n) is 12.1. The number of anilines is 1. The van der Waals surface area contributed by atoms with Crippen LogP contribution in [0.25, 0.3) is 0 Å². The van der Waals surface area contributed by atoms with Crippen LogP contribution in [0.4, 0.5) is 5.82 Å². The molecule has 0 N–H and O–H groups in total. The molecule has 6 nitrogen and oxygen atoms in total. The van der Waals surface area contributed by atoms with Gasteiger partial charge in [0.1, 0.15) is 5.82 Å². The smallest absolute Gasteiger partial charge is 0.239 e. The van der Waals surface area contributed by atoms with Crippen LogP contribution in [-0.4, -0.2) is 90.5 Å². The van der Waals surface area contributed by atoms with Gasteiger partial charge in [0, 0.05) is 52.0 Å². The maximum atomic E-state index is 13.2. The summed E-state index contributed by atoms with van der Waals surface area (Å²) >= 11 is 0. The average Bonchev–Trinajstić information content (AvgIpc) is 3.09. The minimum absolute atomic E-state index is 0.0452. The van der Waals surface area contributed by atoms with Gasteiger partial charge in [-0.05, 0) is 63.7 Å². The molecule has 2 unspecified atom stereocenters. The zero-order valence-corrected chi connectivity index (χ0v) is 18.7. The van der Waals surface area contributed by atoms with Gasteiger partial charge < -0.3 is 9.80 Å². The van der Waals surface area contributed by atoms with Gasteiger partial charge in [0.25, 0.3) is 0 Å². The van der Waals surface area contributed by atoms with Crippen LogP contribution in [0, 0.1) is 5.92 Å². The highest BCUT2D eigenvalue weighted by atomic mass is 16.2. The molecule has 0 aliphatic carbocycles. The molecule has 0 bridgehead atoms. The second kappa shape index (κ2) is 10.6. The van der Waals surface area contributed by atoms with Gasteiger partial charge in [0.05, 0.1) is 6.04 Å². The first kappa shape index (κ1) is 21.6. The molecule has 1 aromatic rings. The lowest BCUT2D eigenvalue weighted by Crippen LogP contribution is -2.53. The van der Waals surface area contributed by atoms with Gasteiger partial charge >= 0.3 is 0 Å². The van der Waals surface area contributed by atoms with Gasteiger partial charge in [-0.15, -0.1) is 0 Å². The minimum Gasteiger partial charge on any atom is -0.354 e. The third kappa shape index (κ3) is 5.52. The van der Waals surface area contributed by atoms with Crippen LogP contribution >= 0.6 is 0 Å². The van der Waals surface area contributed by atoms with Crippen LogP contribution in [0.5, 0.6) is 0 Å². The number of rotatable bonds is 5. The summed E-state index contributed by atoms with van der Waals surface area (Å²) in [5.41, 5.74) is 0. The van der Waals surface area contributed by atoms with E-state index in [1.54, 1.807) is 0 Å². The largest absolute Gasteiger partial charge is 0.354 e. The highest BCUT2D eigenvalue weighted by Gasteiger charge is 2.31. The molecule has 4 heterocycles. The second-order valence-electron chi connectivity index (χ2n) is 9.39. The van der Waals surface area contributed by atoms with Crippen molar-refractivity contribution < 1.29 is 4.79 Å². The predicted molar refractivity (Wildman–Crippen MR) is 122 cm³/mol. The number of piperazine rings is 1. The van der Waals surface area contributed by atoms with E-state index < -0.39 is 0 Å². The van der Waals surface area contributed by atoms with E-state index in [4.69, 9.17) is 0 Å². The predicted octanol–water partition coefficient (Wildman–Crippen LogP) is 2.71. The highest BCUT2D eigenvalue weighted by molar-refractivity contribution is 5.81. The standard InChI is InChI=1S/C24H39N5O/c1-21(27-12-6-2-3-7-13-27)24(30)29-14-8-9-22(20-29)19-26-15-17-28(18-16-26)23-10-4-5-11-25-23/h4-5,10-11,21-22H,2-3,6-9,12-20H2,1H3. The van der Waals surface area contributed by atoms with Crippen LogP contribution in [0.2, 0.25) is 0 Å². The molecule has 1 aromatic heterocycles. The van der Waals surface area contributed by atoms with E-state index in [1.807, 2.05) is 12.3 Å². The summed E-state index contributed by atoms with van der Waals surface area (Å²) in [6.07, 6.45) is 9.39. The third-order valence-corrected chi connectivity index (χ3v) is 7.24. The quantitative estimate of drug-likeness (QED) is 0.743. The van der Waals surface area contributed by atoms with E-state index in [-0.39, 0.29) is 6.04 Å². The lowest BCUT2D eigenvalue weighted by atomic mass is 9.96. The Bertz CT molecular complexity index is 653. The van der Waals surface area contributed by atoms with Crippen molar-refractivity contribution >= 4 is 11.7 Å². The van der Waals surface area contributed by atoms with Crippen molar-refractivity contribution in [1.82, 2.24) is 19.7 Å². The normalized spacial score (nSPS) is 25.7. The summed E-state index contributed by atoms with van der Waals surface area (Å²) < 4.78 is 0. The molecule has 3 aliphatic heterocycles. The Morgan fingerprint density at radius 1 is 1.00 bits per heavy atom. The lowest BCUT2D eigenvalue weighted by molar-refractivity contribution is -0.138. The number of amides is 1. The van der Waals surface area contributed by atoms with Crippen LogP contribution in [-0.2, 0) is 4.79 Å². The monoisotopic (exact) mass is 413 g/mol. The summed E-state index contributed by atoms with van der Waals surface area (Å²) in [5, 5.41) is 0. The van der Waals surface area contributed by atoms with E-state index in [0.29, 0.717) is 11.8 Å². The first-order valence-corrected chi connectivity index (χ1v) is 12.1. The van der Waals surface area contributed by atoms with E-state index in [1.165, 1.54) is 32.1 Å².